The van der Waals surface area contributed by atoms with Gasteiger partial charge in [-0.2, -0.15) is 4.31 Å². The van der Waals surface area contributed by atoms with E-state index in [1.807, 2.05) is 24.3 Å². The van der Waals surface area contributed by atoms with Crippen molar-refractivity contribution in [2.24, 2.45) is 0 Å². The Kier molecular flexibility index (Phi) is 8.55. The molecule has 0 fully saturated rings. The van der Waals surface area contributed by atoms with Gasteiger partial charge in [-0.05, 0) is 66.6 Å². The number of halogens is 2. The van der Waals surface area contributed by atoms with Gasteiger partial charge in [0.2, 0.25) is 15.9 Å². The van der Waals surface area contributed by atoms with E-state index in [1.54, 1.807) is 67.4 Å². The van der Waals surface area contributed by atoms with Gasteiger partial charge in [0.1, 0.15) is 5.75 Å². The van der Waals surface area contributed by atoms with Gasteiger partial charge in [-0.1, -0.05) is 41.4 Å². The van der Waals surface area contributed by atoms with E-state index in [0.717, 1.165) is 11.8 Å². The summed E-state index contributed by atoms with van der Waals surface area (Å²) in [4.78, 5) is 17.3. The SMILES string of the molecule is COc1ccc(/C=C2\CN(S(C)(=O)=O)Cc3c(OC(=O)NC(C)c4ccccn4)nn(-c4ccc(Cl)cc4Cl)c32)cc1. The minimum atomic E-state index is -3.65. The summed E-state index contributed by atoms with van der Waals surface area (Å²) in [5.74, 6) is 0.620. The van der Waals surface area contributed by atoms with Crippen LogP contribution in [0.25, 0.3) is 17.3 Å². The van der Waals surface area contributed by atoms with E-state index in [9.17, 15) is 13.2 Å². The molecule has 0 bridgehead atoms. The predicted molar refractivity (Wildman–Crippen MR) is 162 cm³/mol. The Bertz CT molecular complexity index is 1760. The second-order valence-electron chi connectivity index (χ2n) is 9.62. The number of hydrogen-bond acceptors (Lipinski definition) is 7. The Morgan fingerprint density at radius 3 is 2.50 bits per heavy atom. The number of nitrogens with zero attached hydrogens (tertiary/aromatic N) is 4. The zero-order valence-corrected chi connectivity index (χ0v) is 25.2. The number of nitrogens with one attached hydrogen (secondary N) is 1. The molecule has 1 amide bonds. The van der Waals surface area contributed by atoms with Gasteiger partial charge in [0, 0.05) is 24.3 Å². The molecule has 0 saturated carbocycles. The third-order valence-electron chi connectivity index (χ3n) is 6.65. The fraction of sp³-hybridized carbons (Fsp3) is 0.207. The molecular formula is C29H27Cl2N5O5S. The minimum Gasteiger partial charge on any atom is -0.497 e. The van der Waals surface area contributed by atoms with Crippen molar-refractivity contribution in [2.45, 2.75) is 19.5 Å². The van der Waals surface area contributed by atoms with Crippen LogP contribution in [0, 0.1) is 0 Å². The average molecular weight is 629 g/mol. The molecule has 218 valence electrons. The van der Waals surface area contributed by atoms with E-state index in [0.29, 0.717) is 44.0 Å². The zero-order chi connectivity index (χ0) is 30.0. The molecule has 4 aromatic rings. The number of ether oxygens (including phenoxy) is 2. The number of carbonyl (C=O) groups excluding carboxylic acids is 1. The Morgan fingerprint density at radius 2 is 1.86 bits per heavy atom. The number of amides is 1. The summed E-state index contributed by atoms with van der Waals surface area (Å²) in [5.41, 5.74) is 3.48. The maximum atomic E-state index is 13.0. The molecule has 3 heterocycles. The summed E-state index contributed by atoms with van der Waals surface area (Å²) in [7, 11) is -2.07. The van der Waals surface area contributed by atoms with Crippen molar-refractivity contribution in [3.63, 3.8) is 0 Å². The highest BCUT2D eigenvalue weighted by molar-refractivity contribution is 7.88. The first-order valence-corrected chi connectivity index (χ1v) is 15.4. The monoisotopic (exact) mass is 627 g/mol. The fourth-order valence-electron chi connectivity index (χ4n) is 4.56. The van der Waals surface area contributed by atoms with Crippen molar-refractivity contribution in [1.82, 2.24) is 24.4 Å². The second kappa shape index (κ2) is 12.1. The summed E-state index contributed by atoms with van der Waals surface area (Å²) in [6.45, 7) is 1.75. The van der Waals surface area contributed by atoms with Crippen molar-refractivity contribution in [3.8, 4) is 17.3 Å². The van der Waals surface area contributed by atoms with Crippen LogP contribution in [0.1, 0.15) is 35.5 Å². The summed E-state index contributed by atoms with van der Waals surface area (Å²) in [6, 6.07) is 17.2. The lowest BCUT2D eigenvalue weighted by atomic mass is 10.0. The third kappa shape index (κ3) is 6.44. The van der Waals surface area contributed by atoms with Crippen LogP contribution in [0.4, 0.5) is 4.79 Å². The molecule has 1 N–H and O–H groups in total. The molecule has 0 radical (unpaired) electrons. The summed E-state index contributed by atoms with van der Waals surface area (Å²) < 4.78 is 39.4. The smallest absolute Gasteiger partial charge is 0.414 e. The van der Waals surface area contributed by atoms with Gasteiger partial charge in [-0.3, -0.25) is 4.98 Å². The van der Waals surface area contributed by atoms with Crippen LogP contribution in [0.5, 0.6) is 11.6 Å². The van der Waals surface area contributed by atoms with Crippen molar-refractivity contribution in [2.75, 3.05) is 19.9 Å². The number of carbonyl (C=O) groups is 1. The molecule has 2 aromatic carbocycles. The van der Waals surface area contributed by atoms with Crippen LogP contribution < -0.4 is 14.8 Å². The number of pyridine rings is 1. The Hall–Kier alpha value is -3.90. The van der Waals surface area contributed by atoms with Gasteiger partial charge in [0.25, 0.3) is 0 Å². The predicted octanol–water partition coefficient (Wildman–Crippen LogP) is 5.75. The van der Waals surface area contributed by atoms with Crippen LogP contribution in [-0.4, -0.2) is 53.5 Å². The lowest BCUT2D eigenvalue weighted by Crippen LogP contribution is -2.35. The lowest BCUT2D eigenvalue weighted by Gasteiger charge is -2.28. The van der Waals surface area contributed by atoms with Gasteiger partial charge < -0.3 is 14.8 Å². The molecule has 1 aliphatic heterocycles. The number of rotatable bonds is 7. The van der Waals surface area contributed by atoms with E-state index in [1.165, 1.54) is 4.31 Å². The largest absolute Gasteiger partial charge is 0.497 e. The van der Waals surface area contributed by atoms with Gasteiger partial charge in [-0.15, -0.1) is 5.10 Å². The van der Waals surface area contributed by atoms with Crippen molar-refractivity contribution >= 4 is 51.0 Å². The highest BCUT2D eigenvalue weighted by Crippen LogP contribution is 2.39. The molecule has 0 spiro atoms. The van der Waals surface area contributed by atoms with E-state index in [4.69, 9.17) is 32.7 Å². The molecule has 5 rings (SSSR count). The van der Waals surface area contributed by atoms with E-state index >= 15 is 0 Å². The summed E-state index contributed by atoms with van der Waals surface area (Å²) in [5, 5.41) is 8.10. The molecule has 1 unspecified atom stereocenters. The van der Waals surface area contributed by atoms with Gasteiger partial charge in [0.05, 0.1) is 47.1 Å². The number of aromatic nitrogens is 3. The first-order valence-electron chi connectivity index (χ1n) is 12.8. The number of methoxy groups -OCH3 is 1. The van der Waals surface area contributed by atoms with Crippen LogP contribution in [-0.2, 0) is 16.6 Å². The molecule has 1 atom stereocenters. The normalized spacial score (nSPS) is 15.2. The maximum Gasteiger partial charge on any atom is 0.414 e. The Morgan fingerprint density at radius 1 is 1.10 bits per heavy atom. The summed E-state index contributed by atoms with van der Waals surface area (Å²) >= 11 is 12.7. The van der Waals surface area contributed by atoms with Gasteiger partial charge in [-0.25, -0.2) is 17.9 Å². The molecule has 1 aliphatic rings. The standard InChI is InChI=1S/C29H27Cl2N5O5S/c1-18(25-6-4-5-13-32-25)33-29(37)41-28-23-17-35(42(3,38)39)16-20(14-19-7-10-22(40-2)11-8-19)27(23)36(34-28)26-12-9-21(30)15-24(26)31/h4-15,18H,16-17H2,1-3H3,(H,33,37)/b20-14+. The molecular weight excluding hydrogens is 601 g/mol. The lowest BCUT2D eigenvalue weighted by molar-refractivity contribution is 0.194. The zero-order valence-electron chi connectivity index (χ0n) is 22.9. The molecule has 13 heteroatoms. The molecule has 42 heavy (non-hydrogen) atoms. The van der Waals surface area contributed by atoms with Crippen LogP contribution in [0.15, 0.2) is 66.9 Å². The number of fused-ring (bicyclic) bond motifs is 1. The van der Waals surface area contributed by atoms with E-state index in [-0.39, 0.29) is 19.0 Å². The Balaban J connectivity index is 1.62. The first kappa shape index (κ1) is 29.6. The number of hydrogen-bond donors (Lipinski definition) is 1. The van der Waals surface area contributed by atoms with Gasteiger partial charge >= 0.3 is 6.09 Å². The molecule has 10 nitrogen and oxygen atoms in total. The molecule has 0 aliphatic carbocycles. The van der Waals surface area contributed by atoms with Crippen molar-refractivity contribution in [3.05, 3.63) is 99.4 Å². The quantitative estimate of drug-likeness (QED) is 0.277. The van der Waals surface area contributed by atoms with Crippen LogP contribution in [0.3, 0.4) is 0 Å². The summed E-state index contributed by atoms with van der Waals surface area (Å²) in [6.07, 6.45) is 3.83. The topological polar surface area (TPSA) is 116 Å². The highest BCUT2D eigenvalue weighted by Gasteiger charge is 2.35. The van der Waals surface area contributed by atoms with Crippen molar-refractivity contribution < 1.29 is 22.7 Å². The fourth-order valence-corrected chi connectivity index (χ4v) is 5.78. The molecule has 0 saturated heterocycles. The maximum absolute atomic E-state index is 13.0. The minimum absolute atomic E-state index is 0.0527. The van der Waals surface area contributed by atoms with E-state index in [2.05, 4.69) is 15.4 Å². The Labute approximate surface area is 253 Å². The van der Waals surface area contributed by atoms with Crippen LogP contribution in [0.2, 0.25) is 10.0 Å². The average Bonchev–Trinajstić information content (AvgIpc) is 3.31. The third-order valence-corrected chi connectivity index (χ3v) is 8.38. The van der Waals surface area contributed by atoms with Gasteiger partial charge in [0.15, 0.2) is 0 Å². The molecule has 2 aromatic heterocycles. The first-order chi connectivity index (χ1) is 20.0. The number of benzene rings is 2. The highest BCUT2D eigenvalue weighted by atomic mass is 35.5. The second-order valence-corrected chi connectivity index (χ2v) is 12.4. The van der Waals surface area contributed by atoms with E-state index < -0.39 is 22.2 Å². The van der Waals surface area contributed by atoms with Crippen molar-refractivity contribution in [1.29, 1.82) is 0 Å². The number of sulfonamides is 1. The van der Waals surface area contributed by atoms with Crippen LogP contribution >= 0.6 is 23.2 Å².